The number of rotatable bonds is 7. The van der Waals surface area contributed by atoms with Crippen LogP contribution in [0, 0.1) is 0 Å². The quantitative estimate of drug-likeness (QED) is 0.763. The van der Waals surface area contributed by atoms with E-state index in [1.807, 2.05) is 0 Å². The molecule has 4 heteroatoms. The first-order valence-corrected chi connectivity index (χ1v) is 6.65. The van der Waals surface area contributed by atoms with Gasteiger partial charge < -0.3 is 15.4 Å². The Morgan fingerprint density at radius 3 is 2.47 bits per heavy atom. The van der Waals surface area contributed by atoms with Crippen LogP contribution in [0.15, 0.2) is 24.3 Å². The fourth-order valence-electron chi connectivity index (χ4n) is 1.72. The van der Waals surface area contributed by atoms with Crippen molar-refractivity contribution in [2.24, 2.45) is 5.73 Å². The van der Waals surface area contributed by atoms with Crippen LogP contribution in [0.25, 0.3) is 0 Å². The molecule has 0 aromatic heterocycles. The maximum atomic E-state index is 11.8. The lowest BCUT2D eigenvalue weighted by molar-refractivity contribution is -0.135. The number of carbonyl (C=O) groups is 1. The fraction of sp³-hybridized carbons (Fsp3) is 0.533. The minimum Gasteiger partial charge on any atom is -0.370 e. The molecule has 0 atom stereocenters. The molecule has 0 bridgehead atoms. The second-order valence-electron chi connectivity index (χ2n) is 4.99. The Morgan fingerprint density at radius 1 is 1.32 bits per heavy atom. The van der Waals surface area contributed by atoms with Gasteiger partial charge in [-0.3, -0.25) is 4.79 Å². The minimum atomic E-state index is -0.0265. The van der Waals surface area contributed by atoms with Crippen LogP contribution in [-0.2, 0) is 16.1 Å². The molecular formula is C15H24N2O2. The summed E-state index contributed by atoms with van der Waals surface area (Å²) in [6.45, 7) is 5.89. The molecule has 0 fully saturated rings. The highest BCUT2D eigenvalue weighted by molar-refractivity contribution is 5.77. The average molecular weight is 264 g/mol. The number of hydrogen-bond acceptors (Lipinski definition) is 3. The third-order valence-corrected chi connectivity index (χ3v) is 2.98. The van der Waals surface area contributed by atoms with Crippen LogP contribution in [0.1, 0.15) is 30.9 Å². The molecule has 0 spiro atoms. The van der Waals surface area contributed by atoms with E-state index in [-0.39, 0.29) is 12.5 Å². The zero-order valence-electron chi connectivity index (χ0n) is 12.1. The molecule has 0 radical (unpaired) electrons. The summed E-state index contributed by atoms with van der Waals surface area (Å²) in [6.07, 6.45) is 0. The first kappa shape index (κ1) is 15.7. The molecule has 0 aliphatic rings. The number of nitrogens with two attached hydrogens (primary N) is 1. The average Bonchev–Trinajstić information content (AvgIpc) is 2.39. The van der Waals surface area contributed by atoms with Crippen LogP contribution >= 0.6 is 0 Å². The second-order valence-corrected chi connectivity index (χ2v) is 4.99. The summed E-state index contributed by atoms with van der Waals surface area (Å²) in [7, 11) is 1.78. The van der Waals surface area contributed by atoms with Gasteiger partial charge in [-0.1, -0.05) is 38.1 Å². The van der Waals surface area contributed by atoms with E-state index in [9.17, 15) is 4.79 Å². The highest BCUT2D eigenvalue weighted by Crippen LogP contribution is 2.15. The summed E-state index contributed by atoms with van der Waals surface area (Å²) in [6, 6.07) is 8.37. The predicted molar refractivity (Wildman–Crippen MR) is 76.9 cm³/mol. The zero-order valence-corrected chi connectivity index (χ0v) is 12.1. The second kappa shape index (κ2) is 7.92. The highest BCUT2D eigenvalue weighted by Gasteiger charge is 2.09. The van der Waals surface area contributed by atoms with Crippen molar-refractivity contribution in [2.75, 3.05) is 26.8 Å². The Kier molecular flexibility index (Phi) is 6.53. The van der Waals surface area contributed by atoms with Crippen molar-refractivity contribution in [3.05, 3.63) is 35.4 Å². The molecule has 106 valence electrons. The molecule has 1 aromatic rings. The molecule has 2 N–H and O–H groups in total. The Bertz CT molecular complexity index is 388. The van der Waals surface area contributed by atoms with E-state index in [0.29, 0.717) is 25.6 Å². The first-order chi connectivity index (χ1) is 9.04. The summed E-state index contributed by atoms with van der Waals surface area (Å²) in [5.74, 6) is 0.500. The molecule has 0 saturated carbocycles. The lowest BCUT2D eigenvalue weighted by Gasteiger charge is -2.17. The van der Waals surface area contributed by atoms with Gasteiger partial charge in [0.05, 0.1) is 6.61 Å². The van der Waals surface area contributed by atoms with E-state index in [2.05, 4.69) is 38.1 Å². The van der Waals surface area contributed by atoms with Crippen molar-refractivity contribution in [3.8, 4) is 0 Å². The molecule has 1 rings (SSSR count). The summed E-state index contributed by atoms with van der Waals surface area (Å²) in [4.78, 5) is 13.4. The predicted octanol–water partition coefficient (Wildman–Crippen LogP) is 1.74. The van der Waals surface area contributed by atoms with Crippen molar-refractivity contribution in [1.82, 2.24) is 4.90 Å². The highest BCUT2D eigenvalue weighted by atomic mass is 16.5. The Labute approximate surface area is 115 Å². The third-order valence-electron chi connectivity index (χ3n) is 2.98. The monoisotopic (exact) mass is 264 g/mol. The number of ether oxygens (including phenoxy) is 1. The van der Waals surface area contributed by atoms with Crippen LogP contribution in [0.3, 0.4) is 0 Å². The molecule has 4 nitrogen and oxygen atoms in total. The third kappa shape index (κ3) is 5.41. The molecule has 0 unspecified atom stereocenters. The SMILES string of the molecule is CC(C)c1ccc(CN(C)C(=O)COCCN)cc1. The molecule has 0 aliphatic carbocycles. The number of hydrogen-bond donors (Lipinski definition) is 1. The lowest BCUT2D eigenvalue weighted by atomic mass is 10.0. The smallest absolute Gasteiger partial charge is 0.248 e. The number of likely N-dealkylation sites (N-methyl/N-ethyl adjacent to an activating group) is 1. The van der Waals surface area contributed by atoms with E-state index < -0.39 is 0 Å². The van der Waals surface area contributed by atoms with Gasteiger partial charge in [0.1, 0.15) is 6.61 Å². The van der Waals surface area contributed by atoms with Crippen LogP contribution in [-0.4, -0.2) is 37.6 Å². The van der Waals surface area contributed by atoms with Crippen molar-refractivity contribution in [1.29, 1.82) is 0 Å². The van der Waals surface area contributed by atoms with E-state index in [1.165, 1.54) is 5.56 Å². The van der Waals surface area contributed by atoms with Gasteiger partial charge in [-0.05, 0) is 17.0 Å². The summed E-state index contributed by atoms with van der Waals surface area (Å²) < 4.78 is 5.14. The van der Waals surface area contributed by atoms with Gasteiger partial charge in [0.15, 0.2) is 0 Å². The molecular weight excluding hydrogens is 240 g/mol. The summed E-state index contributed by atoms with van der Waals surface area (Å²) in [5, 5.41) is 0. The van der Waals surface area contributed by atoms with Gasteiger partial charge in [-0.2, -0.15) is 0 Å². The zero-order chi connectivity index (χ0) is 14.3. The number of amides is 1. The van der Waals surface area contributed by atoms with Crippen molar-refractivity contribution in [2.45, 2.75) is 26.3 Å². The summed E-state index contributed by atoms with van der Waals surface area (Å²) in [5.41, 5.74) is 7.74. The normalized spacial score (nSPS) is 10.8. The molecule has 1 aromatic carbocycles. The van der Waals surface area contributed by atoms with E-state index in [1.54, 1.807) is 11.9 Å². The van der Waals surface area contributed by atoms with Crippen molar-refractivity contribution < 1.29 is 9.53 Å². The molecule has 0 heterocycles. The Morgan fingerprint density at radius 2 is 1.95 bits per heavy atom. The Hall–Kier alpha value is -1.39. The summed E-state index contributed by atoms with van der Waals surface area (Å²) >= 11 is 0. The largest absolute Gasteiger partial charge is 0.370 e. The van der Waals surface area contributed by atoms with E-state index >= 15 is 0 Å². The fourth-order valence-corrected chi connectivity index (χ4v) is 1.72. The van der Waals surface area contributed by atoms with Gasteiger partial charge >= 0.3 is 0 Å². The lowest BCUT2D eigenvalue weighted by Crippen LogP contribution is -2.30. The van der Waals surface area contributed by atoms with Gasteiger partial charge in [-0.25, -0.2) is 0 Å². The maximum absolute atomic E-state index is 11.8. The van der Waals surface area contributed by atoms with Crippen LogP contribution in [0.2, 0.25) is 0 Å². The molecule has 0 aliphatic heterocycles. The molecule has 1 amide bonds. The van der Waals surface area contributed by atoms with Crippen LogP contribution in [0.4, 0.5) is 0 Å². The van der Waals surface area contributed by atoms with Gasteiger partial charge in [0, 0.05) is 20.1 Å². The van der Waals surface area contributed by atoms with Crippen molar-refractivity contribution >= 4 is 5.91 Å². The van der Waals surface area contributed by atoms with Gasteiger partial charge in [0.25, 0.3) is 0 Å². The van der Waals surface area contributed by atoms with Gasteiger partial charge in [0.2, 0.25) is 5.91 Å². The van der Waals surface area contributed by atoms with Crippen LogP contribution in [0.5, 0.6) is 0 Å². The number of benzene rings is 1. The topological polar surface area (TPSA) is 55.6 Å². The maximum Gasteiger partial charge on any atom is 0.248 e. The molecule has 19 heavy (non-hydrogen) atoms. The number of carbonyl (C=O) groups excluding carboxylic acids is 1. The Balaban J connectivity index is 2.47. The number of nitrogens with zero attached hydrogens (tertiary/aromatic N) is 1. The standard InChI is InChI=1S/C15H24N2O2/c1-12(2)14-6-4-13(5-7-14)10-17(3)15(18)11-19-9-8-16/h4-7,12H,8-11,16H2,1-3H3. The molecule has 0 saturated heterocycles. The van der Waals surface area contributed by atoms with Crippen molar-refractivity contribution in [3.63, 3.8) is 0 Å². The van der Waals surface area contributed by atoms with Gasteiger partial charge in [-0.15, -0.1) is 0 Å². The van der Waals surface area contributed by atoms with Crippen LogP contribution < -0.4 is 5.73 Å². The van der Waals surface area contributed by atoms with E-state index in [0.717, 1.165) is 5.56 Å². The first-order valence-electron chi connectivity index (χ1n) is 6.65. The minimum absolute atomic E-state index is 0.0265. The van der Waals surface area contributed by atoms with E-state index in [4.69, 9.17) is 10.5 Å².